The van der Waals surface area contributed by atoms with Crippen LogP contribution in [0.1, 0.15) is 64.7 Å². The molecule has 2 nitrogen and oxygen atoms in total. The van der Waals surface area contributed by atoms with Crippen LogP contribution in [-0.4, -0.2) is 29.3 Å². The van der Waals surface area contributed by atoms with Crippen molar-refractivity contribution in [1.29, 1.82) is 0 Å². The Morgan fingerprint density at radius 1 is 1.21 bits per heavy atom. The number of piperidine rings is 1. The van der Waals surface area contributed by atoms with E-state index in [0.717, 1.165) is 44.7 Å². The fourth-order valence-corrected chi connectivity index (χ4v) is 3.90. The molecular weight excluding hydrogens is 258 g/mol. The molecule has 0 aromatic carbocycles. The lowest BCUT2D eigenvalue weighted by molar-refractivity contribution is -0.137. The van der Waals surface area contributed by atoms with Crippen LogP contribution >= 0.6 is 11.6 Å². The highest BCUT2D eigenvalue weighted by Gasteiger charge is 2.31. The number of hydrogen-bond donors (Lipinski definition) is 0. The second-order valence-electron chi connectivity index (χ2n) is 6.38. The van der Waals surface area contributed by atoms with Crippen molar-refractivity contribution in [2.75, 3.05) is 13.1 Å². The van der Waals surface area contributed by atoms with E-state index < -0.39 is 0 Å². The van der Waals surface area contributed by atoms with Gasteiger partial charge in [-0.15, -0.1) is 11.6 Å². The van der Waals surface area contributed by atoms with Crippen molar-refractivity contribution in [3.05, 3.63) is 0 Å². The molecular formula is C16H28ClNO. The van der Waals surface area contributed by atoms with Crippen LogP contribution in [0.15, 0.2) is 0 Å². The average molecular weight is 286 g/mol. The molecule has 0 aromatic heterocycles. The van der Waals surface area contributed by atoms with Gasteiger partial charge in [0.15, 0.2) is 0 Å². The van der Waals surface area contributed by atoms with E-state index in [9.17, 15) is 4.79 Å². The zero-order chi connectivity index (χ0) is 13.7. The Bertz CT molecular complexity index is 286. The zero-order valence-corrected chi connectivity index (χ0v) is 13.0. The molecule has 1 saturated heterocycles. The average Bonchev–Trinajstić information content (AvgIpc) is 2.45. The number of carbonyl (C=O) groups excluding carboxylic acids is 1. The van der Waals surface area contributed by atoms with Gasteiger partial charge in [0, 0.05) is 19.0 Å². The molecule has 0 spiro atoms. The molecule has 0 N–H and O–H groups in total. The first-order valence-corrected chi connectivity index (χ1v) is 8.57. The van der Waals surface area contributed by atoms with Gasteiger partial charge in [0.25, 0.3) is 0 Å². The number of amides is 1. The molecule has 19 heavy (non-hydrogen) atoms. The van der Waals surface area contributed by atoms with Crippen LogP contribution in [0, 0.1) is 11.8 Å². The highest BCUT2D eigenvalue weighted by molar-refractivity contribution is 6.20. The monoisotopic (exact) mass is 285 g/mol. The second kappa shape index (κ2) is 7.52. The molecule has 2 rings (SSSR count). The summed E-state index contributed by atoms with van der Waals surface area (Å²) in [5.74, 6) is 1.56. The van der Waals surface area contributed by atoms with Crippen molar-refractivity contribution in [1.82, 2.24) is 4.90 Å². The van der Waals surface area contributed by atoms with Gasteiger partial charge in [-0.3, -0.25) is 4.79 Å². The Morgan fingerprint density at radius 3 is 2.58 bits per heavy atom. The number of unbranched alkanes of at least 4 members (excludes halogenated alkanes) is 1. The molecule has 0 radical (unpaired) electrons. The SMILES string of the molecule is CCCCC1CCC(C(=O)N2CCCC(Cl)C2)CC1. The van der Waals surface area contributed by atoms with Crippen LogP contribution < -0.4 is 0 Å². The zero-order valence-electron chi connectivity index (χ0n) is 12.2. The topological polar surface area (TPSA) is 20.3 Å². The first-order chi connectivity index (χ1) is 9.20. The van der Waals surface area contributed by atoms with E-state index in [-0.39, 0.29) is 5.38 Å². The second-order valence-corrected chi connectivity index (χ2v) is 7.00. The van der Waals surface area contributed by atoms with E-state index in [4.69, 9.17) is 11.6 Å². The van der Waals surface area contributed by atoms with Gasteiger partial charge in [0.05, 0.1) is 5.38 Å². The Hall–Kier alpha value is -0.240. The van der Waals surface area contributed by atoms with Gasteiger partial charge < -0.3 is 4.90 Å². The number of alkyl halides is 1. The molecule has 3 heteroatoms. The fourth-order valence-electron chi connectivity index (χ4n) is 3.57. The maximum Gasteiger partial charge on any atom is 0.225 e. The fraction of sp³-hybridized carbons (Fsp3) is 0.938. The summed E-state index contributed by atoms with van der Waals surface area (Å²) in [5, 5.41) is 0.179. The van der Waals surface area contributed by atoms with E-state index in [1.165, 1.54) is 32.1 Å². The molecule has 1 aliphatic carbocycles. The van der Waals surface area contributed by atoms with Gasteiger partial charge in [0.2, 0.25) is 5.91 Å². The summed E-state index contributed by atoms with van der Waals surface area (Å²) in [4.78, 5) is 14.5. The lowest BCUT2D eigenvalue weighted by Gasteiger charge is -2.35. The van der Waals surface area contributed by atoms with Gasteiger partial charge in [-0.05, 0) is 44.4 Å². The molecule has 1 heterocycles. The number of carbonyl (C=O) groups is 1. The van der Waals surface area contributed by atoms with E-state index in [2.05, 4.69) is 6.92 Å². The minimum atomic E-state index is 0.179. The number of likely N-dealkylation sites (tertiary alicyclic amines) is 1. The maximum atomic E-state index is 12.5. The predicted octanol–water partition coefficient (Wildman–Crippen LogP) is 4.21. The summed E-state index contributed by atoms with van der Waals surface area (Å²) in [6.45, 7) is 3.96. The highest BCUT2D eigenvalue weighted by atomic mass is 35.5. The highest BCUT2D eigenvalue weighted by Crippen LogP contribution is 2.33. The van der Waals surface area contributed by atoms with E-state index in [0.29, 0.717) is 11.8 Å². The van der Waals surface area contributed by atoms with Crippen LogP contribution in [0.3, 0.4) is 0 Å². The lowest BCUT2D eigenvalue weighted by Crippen LogP contribution is -2.44. The van der Waals surface area contributed by atoms with Gasteiger partial charge in [-0.25, -0.2) is 0 Å². The summed E-state index contributed by atoms with van der Waals surface area (Å²) < 4.78 is 0. The Balaban J connectivity index is 1.75. The van der Waals surface area contributed by atoms with Crippen LogP contribution in [0.5, 0.6) is 0 Å². The van der Waals surface area contributed by atoms with Crippen LogP contribution in [0.4, 0.5) is 0 Å². The molecule has 0 bridgehead atoms. The van der Waals surface area contributed by atoms with E-state index in [1.807, 2.05) is 4.90 Å². The number of nitrogens with zero attached hydrogens (tertiary/aromatic N) is 1. The normalized spacial score (nSPS) is 32.3. The van der Waals surface area contributed by atoms with Crippen molar-refractivity contribution in [3.63, 3.8) is 0 Å². The number of halogens is 1. The predicted molar refractivity (Wildman–Crippen MR) is 80.4 cm³/mol. The van der Waals surface area contributed by atoms with Gasteiger partial charge in [-0.2, -0.15) is 0 Å². The smallest absolute Gasteiger partial charge is 0.225 e. The number of rotatable bonds is 4. The van der Waals surface area contributed by atoms with Crippen LogP contribution in [-0.2, 0) is 4.79 Å². The molecule has 2 aliphatic rings. The maximum absolute atomic E-state index is 12.5. The molecule has 110 valence electrons. The molecule has 2 fully saturated rings. The van der Waals surface area contributed by atoms with Crippen molar-refractivity contribution in [3.8, 4) is 0 Å². The third-order valence-corrected chi connectivity index (χ3v) is 5.19. The first kappa shape index (κ1) is 15.2. The van der Waals surface area contributed by atoms with Crippen molar-refractivity contribution in [2.24, 2.45) is 11.8 Å². The standard InChI is InChI=1S/C16H28ClNO/c1-2-3-5-13-7-9-14(10-8-13)16(19)18-11-4-6-15(17)12-18/h13-15H,2-12H2,1H3. The first-order valence-electron chi connectivity index (χ1n) is 8.13. The van der Waals surface area contributed by atoms with Crippen LogP contribution in [0.2, 0.25) is 0 Å². The van der Waals surface area contributed by atoms with Gasteiger partial charge in [0.1, 0.15) is 0 Å². The third kappa shape index (κ3) is 4.37. The molecule has 1 amide bonds. The molecule has 1 unspecified atom stereocenters. The molecule has 1 saturated carbocycles. The van der Waals surface area contributed by atoms with E-state index in [1.54, 1.807) is 0 Å². The summed E-state index contributed by atoms with van der Waals surface area (Å²) in [6.07, 6.45) is 10.9. The number of hydrogen-bond acceptors (Lipinski definition) is 1. The van der Waals surface area contributed by atoms with Crippen LogP contribution in [0.25, 0.3) is 0 Å². The summed E-state index contributed by atoms with van der Waals surface area (Å²) in [5.41, 5.74) is 0. The summed E-state index contributed by atoms with van der Waals surface area (Å²) in [7, 11) is 0. The van der Waals surface area contributed by atoms with Crippen molar-refractivity contribution < 1.29 is 4.79 Å². The summed E-state index contributed by atoms with van der Waals surface area (Å²) >= 11 is 6.18. The summed E-state index contributed by atoms with van der Waals surface area (Å²) in [6, 6.07) is 0. The largest absolute Gasteiger partial charge is 0.341 e. The molecule has 0 aromatic rings. The third-order valence-electron chi connectivity index (χ3n) is 4.84. The van der Waals surface area contributed by atoms with Crippen molar-refractivity contribution in [2.45, 2.75) is 70.1 Å². The molecule has 1 aliphatic heterocycles. The Labute approximate surface area is 122 Å². The minimum absolute atomic E-state index is 0.179. The quantitative estimate of drug-likeness (QED) is 0.709. The van der Waals surface area contributed by atoms with Crippen molar-refractivity contribution >= 4 is 17.5 Å². The van der Waals surface area contributed by atoms with Gasteiger partial charge in [-0.1, -0.05) is 26.2 Å². The Morgan fingerprint density at radius 2 is 1.95 bits per heavy atom. The lowest BCUT2D eigenvalue weighted by atomic mass is 9.79. The minimum Gasteiger partial charge on any atom is -0.341 e. The van der Waals surface area contributed by atoms with Gasteiger partial charge >= 0.3 is 0 Å². The Kier molecular flexibility index (Phi) is 6.00. The molecule has 1 atom stereocenters. The van der Waals surface area contributed by atoms with E-state index >= 15 is 0 Å².